The predicted octanol–water partition coefficient (Wildman–Crippen LogP) is 2.59. The van der Waals surface area contributed by atoms with Gasteiger partial charge in [-0.2, -0.15) is 0 Å². The van der Waals surface area contributed by atoms with Crippen molar-refractivity contribution in [1.82, 2.24) is 4.90 Å². The van der Waals surface area contributed by atoms with Crippen LogP contribution in [0.15, 0.2) is 29.8 Å². The number of carbonyl (C=O) groups is 2. The maximum absolute atomic E-state index is 13.0. The van der Waals surface area contributed by atoms with Crippen molar-refractivity contribution in [3.63, 3.8) is 0 Å². The summed E-state index contributed by atoms with van der Waals surface area (Å²) in [6, 6.07) is 5.09. The van der Waals surface area contributed by atoms with Gasteiger partial charge in [0.05, 0.1) is 12.3 Å². The minimum atomic E-state index is -0.274. The van der Waals surface area contributed by atoms with Crippen molar-refractivity contribution < 1.29 is 19.4 Å². The molecule has 2 amide bonds. The monoisotopic (exact) mass is 358 g/mol. The number of amides is 2. The summed E-state index contributed by atoms with van der Waals surface area (Å²) < 4.78 is 5.41. The Morgan fingerprint density at radius 2 is 2.23 bits per heavy atom. The summed E-state index contributed by atoms with van der Waals surface area (Å²) in [6.45, 7) is 5.35. The maximum Gasteiger partial charge on any atom is 0.262 e. The highest BCUT2D eigenvalue weighted by molar-refractivity contribution is 5.99. The van der Waals surface area contributed by atoms with Gasteiger partial charge >= 0.3 is 0 Å². The number of likely N-dealkylation sites (tertiary alicyclic amines) is 1. The van der Waals surface area contributed by atoms with E-state index in [2.05, 4.69) is 11.4 Å². The minimum Gasteiger partial charge on any atom is -0.482 e. The summed E-state index contributed by atoms with van der Waals surface area (Å²) in [5, 5.41) is 12.7. The molecule has 2 aliphatic rings. The van der Waals surface area contributed by atoms with Gasteiger partial charge in [-0.15, -0.1) is 0 Å². The number of anilines is 1. The van der Waals surface area contributed by atoms with Crippen LogP contribution in [0.3, 0.4) is 0 Å². The number of allylic oxidation sites excluding steroid dienone is 2. The number of aliphatic hydroxyl groups is 1. The van der Waals surface area contributed by atoms with Crippen LogP contribution in [-0.2, 0) is 4.79 Å². The molecule has 0 radical (unpaired) electrons. The van der Waals surface area contributed by atoms with E-state index in [1.807, 2.05) is 18.7 Å². The van der Waals surface area contributed by atoms with Crippen molar-refractivity contribution in [1.29, 1.82) is 0 Å². The summed E-state index contributed by atoms with van der Waals surface area (Å²) >= 11 is 0. The summed E-state index contributed by atoms with van der Waals surface area (Å²) in [6.07, 6.45) is 4.70. The van der Waals surface area contributed by atoms with Crippen molar-refractivity contribution >= 4 is 17.5 Å². The number of rotatable bonds is 4. The molecule has 0 saturated carbocycles. The third-order valence-corrected chi connectivity index (χ3v) is 5.09. The Kier molecular flexibility index (Phi) is 5.32. The quantitative estimate of drug-likeness (QED) is 0.811. The van der Waals surface area contributed by atoms with Crippen LogP contribution in [0.4, 0.5) is 5.69 Å². The molecule has 0 aliphatic carbocycles. The van der Waals surface area contributed by atoms with Gasteiger partial charge in [0.15, 0.2) is 6.61 Å². The molecule has 0 unspecified atom stereocenters. The number of nitrogens with one attached hydrogen (secondary N) is 1. The van der Waals surface area contributed by atoms with Crippen molar-refractivity contribution in [3.05, 3.63) is 35.4 Å². The minimum absolute atomic E-state index is 0.0370. The number of hydrogen-bond donors (Lipinski definition) is 2. The van der Waals surface area contributed by atoms with Gasteiger partial charge in [0.25, 0.3) is 11.8 Å². The van der Waals surface area contributed by atoms with Crippen LogP contribution in [0.1, 0.15) is 43.5 Å². The Hall–Kier alpha value is -2.34. The molecule has 2 N–H and O–H groups in total. The van der Waals surface area contributed by atoms with Gasteiger partial charge < -0.3 is 20.1 Å². The molecule has 6 heteroatoms. The van der Waals surface area contributed by atoms with Crippen LogP contribution in [0, 0.1) is 5.41 Å². The van der Waals surface area contributed by atoms with Crippen molar-refractivity contribution in [2.24, 2.45) is 5.41 Å². The zero-order valence-electron chi connectivity index (χ0n) is 15.4. The number of nitrogens with zero attached hydrogens (tertiary/aromatic N) is 1. The molecule has 3 rings (SSSR count). The number of fused-ring (bicyclic) bond motifs is 1. The molecule has 6 nitrogen and oxygen atoms in total. The predicted molar refractivity (Wildman–Crippen MR) is 99.3 cm³/mol. The lowest BCUT2D eigenvalue weighted by atomic mass is 9.77. The van der Waals surface area contributed by atoms with Crippen LogP contribution in [0.5, 0.6) is 5.75 Å². The highest BCUT2D eigenvalue weighted by atomic mass is 16.5. The number of benzene rings is 1. The maximum atomic E-state index is 13.0. The first-order valence-corrected chi connectivity index (χ1v) is 9.03. The van der Waals surface area contributed by atoms with Crippen LogP contribution in [0.2, 0.25) is 0 Å². The summed E-state index contributed by atoms with van der Waals surface area (Å²) in [5.41, 5.74) is 2.07. The number of carbonyl (C=O) groups excluding carboxylic acids is 2. The zero-order valence-corrected chi connectivity index (χ0v) is 15.4. The molecular weight excluding hydrogens is 332 g/mol. The molecule has 26 heavy (non-hydrogen) atoms. The molecule has 140 valence electrons. The fraction of sp³-hybridized carbons (Fsp3) is 0.500. The molecule has 1 saturated heterocycles. The van der Waals surface area contributed by atoms with Gasteiger partial charge in [0.2, 0.25) is 0 Å². The van der Waals surface area contributed by atoms with Gasteiger partial charge in [-0.05, 0) is 51.3 Å². The highest BCUT2D eigenvalue weighted by Crippen LogP contribution is 2.35. The van der Waals surface area contributed by atoms with Crippen molar-refractivity contribution in [2.45, 2.75) is 33.1 Å². The molecule has 1 atom stereocenters. The number of piperidine rings is 1. The first-order valence-electron chi connectivity index (χ1n) is 9.03. The standard InChI is InChI=1S/C20H26N2O4/c1-14(2)6-8-20(13-23)7-3-9-22(12-20)19(25)15-4-5-16-17(10-15)26-11-18(24)21-16/h4-6,10,23H,3,7-9,11-13H2,1-2H3,(H,21,24)/t20-/m1/s1. The first kappa shape index (κ1) is 18.5. The Morgan fingerprint density at radius 1 is 1.42 bits per heavy atom. The van der Waals surface area contributed by atoms with E-state index < -0.39 is 0 Å². The Bertz CT molecular complexity index is 739. The van der Waals surface area contributed by atoms with E-state index in [1.54, 1.807) is 18.2 Å². The molecule has 1 aromatic carbocycles. The van der Waals surface area contributed by atoms with Gasteiger partial charge in [-0.25, -0.2) is 0 Å². The van der Waals surface area contributed by atoms with Crippen LogP contribution in [0.25, 0.3) is 0 Å². The van der Waals surface area contributed by atoms with E-state index >= 15 is 0 Å². The second-order valence-corrected chi connectivity index (χ2v) is 7.52. The van der Waals surface area contributed by atoms with E-state index in [-0.39, 0.29) is 30.4 Å². The summed E-state index contributed by atoms with van der Waals surface area (Å²) in [7, 11) is 0. The lowest BCUT2D eigenvalue weighted by Crippen LogP contribution is -2.47. The van der Waals surface area contributed by atoms with E-state index in [9.17, 15) is 14.7 Å². The van der Waals surface area contributed by atoms with E-state index in [0.717, 1.165) is 19.3 Å². The van der Waals surface area contributed by atoms with E-state index in [1.165, 1.54) is 5.57 Å². The molecule has 0 spiro atoms. The van der Waals surface area contributed by atoms with E-state index in [4.69, 9.17) is 4.74 Å². The van der Waals surface area contributed by atoms with Gasteiger partial charge in [-0.1, -0.05) is 11.6 Å². The van der Waals surface area contributed by atoms with Crippen LogP contribution < -0.4 is 10.1 Å². The third kappa shape index (κ3) is 3.90. The zero-order chi connectivity index (χ0) is 18.7. The molecule has 0 bridgehead atoms. The largest absolute Gasteiger partial charge is 0.482 e. The highest BCUT2D eigenvalue weighted by Gasteiger charge is 2.36. The molecule has 1 aromatic rings. The van der Waals surface area contributed by atoms with Crippen molar-refractivity contribution in [3.8, 4) is 5.75 Å². The fourth-order valence-corrected chi connectivity index (χ4v) is 3.55. The first-order chi connectivity index (χ1) is 12.4. The lowest BCUT2D eigenvalue weighted by Gasteiger charge is -2.41. The van der Waals surface area contributed by atoms with Gasteiger partial charge in [0.1, 0.15) is 5.75 Å². The molecular formula is C20H26N2O4. The Labute approximate surface area is 153 Å². The number of hydrogen-bond acceptors (Lipinski definition) is 4. The molecule has 2 aliphatic heterocycles. The molecule has 1 fully saturated rings. The lowest BCUT2D eigenvalue weighted by molar-refractivity contribution is -0.118. The summed E-state index contributed by atoms with van der Waals surface area (Å²) in [5.74, 6) is 0.257. The topological polar surface area (TPSA) is 78.9 Å². The SMILES string of the molecule is CC(C)=CC[C@]1(CO)CCCN(C(=O)c2ccc3c(c2)OCC(=O)N3)C1. The molecule has 0 aromatic heterocycles. The average molecular weight is 358 g/mol. The number of ether oxygens (including phenoxy) is 1. The third-order valence-electron chi connectivity index (χ3n) is 5.09. The van der Waals surface area contributed by atoms with Crippen LogP contribution >= 0.6 is 0 Å². The van der Waals surface area contributed by atoms with Crippen LogP contribution in [-0.4, -0.2) is 48.1 Å². The fourth-order valence-electron chi connectivity index (χ4n) is 3.55. The Balaban J connectivity index is 1.77. The summed E-state index contributed by atoms with van der Waals surface area (Å²) in [4.78, 5) is 26.2. The van der Waals surface area contributed by atoms with E-state index in [0.29, 0.717) is 30.1 Å². The average Bonchev–Trinajstić information content (AvgIpc) is 2.65. The Morgan fingerprint density at radius 3 is 2.96 bits per heavy atom. The second-order valence-electron chi connectivity index (χ2n) is 7.52. The number of aliphatic hydroxyl groups excluding tert-OH is 1. The smallest absolute Gasteiger partial charge is 0.262 e. The normalized spacial score (nSPS) is 22.1. The van der Waals surface area contributed by atoms with Crippen molar-refractivity contribution in [2.75, 3.05) is 31.6 Å². The van der Waals surface area contributed by atoms with Gasteiger partial charge in [-0.3, -0.25) is 9.59 Å². The second kappa shape index (κ2) is 7.50. The van der Waals surface area contributed by atoms with Gasteiger partial charge in [0, 0.05) is 24.1 Å². The molecule has 2 heterocycles.